The van der Waals surface area contributed by atoms with E-state index in [0.29, 0.717) is 11.7 Å². The summed E-state index contributed by atoms with van der Waals surface area (Å²) in [6.45, 7) is 5.58. The highest BCUT2D eigenvalue weighted by molar-refractivity contribution is 7.94. The Labute approximate surface area is 133 Å². The van der Waals surface area contributed by atoms with Crippen LogP contribution in [0.1, 0.15) is 25.6 Å². The Bertz CT molecular complexity index is 711. The molecule has 0 aliphatic rings. The summed E-state index contributed by atoms with van der Waals surface area (Å²) in [5, 5.41) is 2.26. The second-order valence-corrected chi connectivity index (χ2v) is 10.0. The van der Waals surface area contributed by atoms with Crippen LogP contribution in [0.4, 0.5) is 5.13 Å². The van der Waals surface area contributed by atoms with Crippen LogP contribution in [0, 0.1) is 0 Å². The summed E-state index contributed by atoms with van der Waals surface area (Å²) in [6, 6.07) is 4.03. The van der Waals surface area contributed by atoms with E-state index in [1.165, 1.54) is 16.2 Å². The number of rotatable bonds is 5. The number of thiophene rings is 1. The summed E-state index contributed by atoms with van der Waals surface area (Å²) in [5.41, 5.74) is 6.33. The van der Waals surface area contributed by atoms with E-state index in [1.807, 2.05) is 17.5 Å². The maximum Gasteiger partial charge on any atom is 0.239 e. The zero-order valence-electron chi connectivity index (χ0n) is 12.2. The minimum Gasteiger partial charge on any atom is -0.330 e. The molecule has 2 aromatic heterocycles. The lowest BCUT2D eigenvalue weighted by atomic mass is 10.3. The molecular formula is C13H19N3O2S3. The summed E-state index contributed by atoms with van der Waals surface area (Å²) in [5.74, 6) is 0. The molecule has 0 aliphatic heterocycles. The van der Waals surface area contributed by atoms with Crippen molar-refractivity contribution < 1.29 is 8.42 Å². The first-order chi connectivity index (χ1) is 9.73. The minimum atomic E-state index is -3.44. The molecule has 2 aromatic rings. The van der Waals surface area contributed by atoms with Gasteiger partial charge in [-0.15, -0.1) is 22.7 Å². The van der Waals surface area contributed by atoms with Gasteiger partial charge < -0.3 is 5.73 Å². The van der Waals surface area contributed by atoms with Gasteiger partial charge in [-0.25, -0.2) is 13.4 Å². The van der Waals surface area contributed by atoms with Crippen molar-refractivity contribution in [2.75, 3.05) is 11.3 Å². The molecule has 2 rings (SSSR count). The fraction of sp³-hybridized carbons (Fsp3) is 0.462. The molecule has 8 heteroatoms. The summed E-state index contributed by atoms with van der Waals surface area (Å²) < 4.78 is 25.9. The Morgan fingerprint density at radius 1 is 1.33 bits per heavy atom. The molecule has 5 nitrogen and oxygen atoms in total. The second-order valence-electron chi connectivity index (χ2n) is 5.56. The minimum absolute atomic E-state index is 0.397. The van der Waals surface area contributed by atoms with Crippen molar-refractivity contribution in [3.63, 3.8) is 0 Å². The van der Waals surface area contributed by atoms with Crippen molar-refractivity contribution in [2.45, 2.75) is 31.9 Å². The number of sulfonamides is 1. The Balaban J connectivity index is 2.18. The first-order valence-electron chi connectivity index (χ1n) is 6.50. The number of hydrogen-bond donors (Lipinski definition) is 2. The van der Waals surface area contributed by atoms with E-state index in [2.05, 4.69) is 9.71 Å². The number of nitrogens with two attached hydrogens (primary N) is 1. The van der Waals surface area contributed by atoms with E-state index < -0.39 is 14.8 Å². The van der Waals surface area contributed by atoms with Gasteiger partial charge in [-0.05, 0) is 45.9 Å². The third kappa shape index (κ3) is 3.82. The summed E-state index contributed by atoms with van der Waals surface area (Å²) in [4.78, 5) is 6.59. The van der Waals surface area contributed by atoms with Gasteiger partial charge in [-0.1, -0.05) is 0 Å². The molecule has 0 spiro atoms. The monoisotopic (exact) mass is 345 g/mol. The topological polar surface area (TPSA) is 85.1 Å². The summed E-state index contributed by atoms with van der Waals surface area (Å²) in [7, 11) is -3.44. The van der Waals surface area contributed by atoms with E-state index in [4.69, 9.17) is 5.73 Å². The molecule has 0 aliphatic carbocycles. The van der Waals surface area contributed by atoms with Crippen LogP contribution in [0.3, 0.4) is 0 Å². The van der Waals surface area contributed by atoms with Crippen LogP contribution in [0.25, 0.3) is 10.6 Å². The molecule has 0 atom stereocenters. The van der Waals surface area contributed by atoms with Gasteiger partial charge in [0.2, 0.25) is 10.0 Å². The van der Waals surface area contributed by atoms with Gasteiger partial charge in [-0.3, -0.25) is 4.72 Å². The lowest BCUT2D eigenvalue weighted by Gasteiger charge is -2.18. The number of anilines is 1. The Hall–Kier alpha value is -0.960. The molecule has 116 valence electrons. The van der Waals surface area contributed by atoms with E-state index in [9.17, 15) is 8.42 Å². The third-order valence-electron chi connectivity index (χ3n) is 2.84. The predicted molar refractivity (Wildman–Crippen MR) is 90.5 cm³/mol. The smallest absolute Gasteiger partial charge is 0.239 e. The molecule has 0 aromatic carbocycles. The van der Waals surface area contributed by atoms with Crippen LogP contribution in [0.5, 0.6) is 0 Å². The second kappa shape index (κ2) is 6.04. The number of thiazole rings is 1. The Morgan fingerprint density at radius 3 is 2.67 bits per heavy atom. The van der Waals surface area contributed by atoms with E-state index in [1.54, 1.807) is 32.1 Å². The third-order valence-corrected chi connectivity index (χ3v) is 6.97. The van der Waals surface area contributed by atoms with Gasteiger partial charge in [-0.2, -0.15) is 0 Å². The molecule has 0 saturated carbocycles. The molecule has 0 radical (unpaired) electrons. The highest BCUT2D eigenvalue weighted by atomic mass is 32.2. The Morgan fingerprint density at radius 2 is 2.05 bits per heavy atom. The predicted octanol–water partition coefficient (Wildman–Crippen LogP) is 2.91. The summed E-state index contributed by atoms with van der Waals surface area (Å²) in [6.07, 6.45) is 0.846. The zero-order chi connectivity index (χ0) is 15.7. The molecule has 2 heterocycles. The van der Waals surface area contributed by atoms with Crippen molar-refractivity contribution in [2.24, 2.45) is 5.73 Å². The number of nitrogens with one attached hydrogen (secondary N) is 1. The number of nitrogens with zero attached hydrogens (tertiary/aromatic N) is 1. The number of hydrogen-bond acceptors (Lipinski definition) is 6. The van der Waals surface area contributed by atoms with Crippen molar-refractivity contribution in [3.05, 3.63) is 22.4 Å². The maximum atomic E-state index is 12.1. The van der Waals surface area contributed by atoms with Crippen molar-refractivity contribution >= 4 is 37.8 Å². The SMILES string of the molecule is CC(C)(C)S(=O)(=O)Nc1nc(-c2ccc(CCN)s2)cs1. The molecule has 0 amide bonds. The van der Waals surface area contributed by atoms with Crippen molar-refractivity contribution in [3.8, 4) is 10.6 Å². The van der Waals surface area contributed by atoms with E-state index >= 15 is 0 Å². The van der Waals surface area contributed by atoms with E-state index in [0.717, 1.165) is 17.0 Å². The lowest BCUT2D eigenvalue weighted by molar-refractivity contribution is 0.566. The molecule has 0 unspecified atom stereocenters. The molecule has 0 saturated heterocycles. The fourth-order valence-electron chi connectivity index (χ4n) is 1.49. The molecule has 21 heavy (non-hydrogen) atoms. The van der Waals surface area contributed by atoms with Crippen LogP contribution in [-0.2, 0) is 16.4 Å². The fourth-order valence-corrected chi connectivity index (χ4v) is 4.21. The largest absolute Gasteiger partial charge is 0.330 e. The molecule has 0 bridgehead atoms. The molecule has 0 fully saturated rings. The van der Waals surface area contributed by atoms with Crippen molar-refractivity contribution in [1.82, 2.24) is 4.98 Å². The average molecular weight is 346 g/mol. The maximum absolute atomic E-state index is 12.1. The number of aromatic nitrogens is 1. The van der Waals surface area contributed by atoms with Crippen LogP contribution < -0.4 is 10.5 Å². The van der Waals surface area contributed by atoms with Gasteiger partial charge >= 0.3 is 0 Å². The molecular weight excluding hydrogens is 326 g/mol. The standard InChI is InChI=1S/C13H19N3O2S3/c1-13(2,3)21(17,18)16-12-15-10(8-19-12)11-5-4-9(20-11)6-7-14/h4-5,8H,6-7,14H2,1-3H3,(H,15,16). The average Bonchev–Trinajstić information content (AvgIpc) is 2.96. The first-order valence-corrected chi connectivity index (χ1v) is 9.68. The highest BCUT2D eigenvalue weighted by Gasteiger charge is 2.29. The van der Waals surface area contributed by atoms with Gasteiger partial charge in [0.15, 0.2) is 5.13 Å². The van der Waals surface area contributed by atoms with Crippen LogP contribution in [0.15, 0.2) is 17.5 Å². The van der Waals surface area contributed by atoms with Gasteiger partial charge in [0.1, 0.15) is 0 Å². The van der Waals surface area contributed by atoms with Crippen LogP contribution in [-0.4, -0.2) is 24.7 Å². The van der Waals surface area contributed by atoms with Gasteiger partial charge in [0.05, 0.1) is 15.3 Å². The normalized spacial score (nSPS) is 12.6. The van der Waals surface area contributed by atoms with Crippen LogP contribution >= 0.6 is 22.7 Å². The molecule has 3 N–H and O–H groups in total. The summed E-state index contributed by atoms with van der Waals surface area (Å²) >= 11 is 2.92. The quantitative estimate of drug-likeness (QED) is 0.872. The van der Waals surface area contributed by atoms with Crippen LogP contribution in [0.2, 0.25) is 0 Å². The highest BCUT2D eigenvalue weighted by Crippen LogP contribution is 2.32. The zero-order valence-corrected chi connectivity index (χ0v) is 14.7. The lowest BCUT2D eigenvalue weighted by Crippen LogP contribution is -2.33. The van der Waals surface area contributed by atoms with Gasteiger partial charge in [0.25, 0.3) is 0 Å². The first kappa shape index (κ1) is 16.4. The Kier molecular flexibility index (Phi) is 4.72. The van der Waals surface area contributed by atoms with E-state index in [-0.39, 0.29) is 0 Å². The van der Waals surface area contributed by atoms with Gasteiger partial charge in [0, 0.05) is 10.3 Å². The van der Waals surface area contributed by atoms with Crippen molar-refractivity contribution in [1.29, 1.82) is 0 Å².